The Morgan fingerprint density at radius 1 is 1.76 bits per heavy atom. The van der Waals surface area contributed by atoms with Crippen LogP contribution < -0.4 is 10.6 Å². The Labute approximate surface area is 105 Å². The zero-order valence-electron chi connectivity index (χ0n) is 9.93. The van der Waals surface area contributed by atoms with Crippen LogP contribution >= 0.6 is 11.8 Å². The molecular weight excluding hydrogens is 236 g/mol. The highest BCUT2D eigenvalue weighted by atomic mass is 32.2. The third-order valence-corrected chi connectivity index (χ3v) is 3.48. The highest BCUT2D eigenvalue weighted by molar-refractivity contribution is 7.98. The van der Waals surface area contributed by atoms with E-state index < -0.39 is 0 Å². The Balaban J connectivity index is 1.91. The summed E-state index contributed by atoms with van der Waals surface area (Å²) in [4.78, 5) is 16.0. The first-order chi connectivity index (χ1) is 8.22. The number of aromatic nitrogens is 2. The third kappa shape index (κ3) is 2.70. The molecule has 1 aromatic rings. The molecule has 0 unspecified atom stereocenters. The summed E-state index contributed by atoms with van der Waals surface area (Å²) in [6.45, 7) is 1.27. The number of amides is 1. The number of nitrogens with zero attached hydrogens (tertiary/aromatic N) is 2. The van der Waals surface area contributed by atoms with Gasteiger partial charge >= 0.3 is 0 Å². The van der Waals surface area contributed by atoms with Gasteiger partial charge in [-0.2, -0.15) is 0 Å². The molecular formula is C11H16N4OS. The lowest BCUT2D eigenvalue weighted by Gasteiger charge is -2.10. The van der Waals surface area contributed by atoms with E-state index in [4.69, 9.17) is 0 Å². The zero-order valence-corrected chi connectivity index (χ0v) is 10.8. The SMILES string of the molecule is CSc1ncc(CNC(=O)[C@@H]2C=CCN2)n1C. The van der Waals surface area contributed by atoms with Crippen molar-refractivity contribution in [2.75, 3.05) is 12.8 Å². The average Bonchev–Trinajstić information content (AvgIpc) is 2.96. The second-order valence-electron chi connectivity index (χ2n) is 3.83. The third-order valence-electron chi connectivity index (χ3n) is 2.73. The fourth-order valence-corrected chi connectivity index (χ4v) is 2.26. The Hall–Kier alpha value is -1.27. The van der Waals surface area contributed by atoms with Crippen LogP contribution in [0, 0.1) is 0 Å². The Kier molecular flexibility index (Phi) is 3.86. The van der Waals surface area contributed by atoms with Gasteiger partial charge in [0.05, 0.1) is 18.4 Å². The second kappa shape index (κ2) is 5.37. The predicted octanol–water partition coefficient (Wildman–Crippen LogP) is 0.286. The quantitative estimate of drug-likeness (QED) is 0.597. The van der Waals surface area contributed by atoms with E-state index >= 15 is 0 Å². The highest BCUT2D eigenvalue weighted by Crippen LogP contribution is 2.13. The molecule has 2 heterocycles. The van der Waals surface area contributed by atoms with Crippen molar-refractivity contribution in [2.24, 2.45) is 7.05 Å². The Morgan fingerprint density at radius 2 is 2.59 bits per heavy atom. The molecule has 0 aliphatic carbocycles. The van der Waals surface area contributed by atoms with E-state index in [-0.39, 0.29) is 11.9 Å². The molecule has 5 nitrogen and oxygen atoms in total. The number of thioether (sulfide) groups is 1. The van der Waals surface area contributed by atoms with E-state index in [0.717, 1.165) is 17.4 Å². The van der Waals surface area contributed by atoms with E-state index in [1.807, 2.05) is 30.0 Å². The van der Waals surface area contributed by atoms with Gasteiger partial charge in [0.1, 0.15) is 6.04 Å². The van der Waals surface area contributed by atoms with Gasteiger partial charge in [-0.15, -0.1) is 0 Å². The number of carbonyl (C=O) groups is 1. The minimum Gasteiger partial charge on any atom is -0.349 e. The second-order valence-corrected chi connectivity index (χ2v) is 4.60. The van der Waals surface area contributed by atoms with E-state index in [2.05, 4.69) is 15.6 Å². The fraction of sp³-hybridized carbons (Fsp3) is 0.455. The van der Waals surface area contributed by atoms with Gasteiger partial charge in [-0.1, -0.05) is 23.9 Å². The smallest absolute Gasteiger partial charge is 0.241 e. The lowest BCUT2D eigenvalue weighted by molar-refractivity contribution is -0.122. The largest absolute Gasteiger partial charge is 0.349 e. The van der Waals surface area contributed by atoms with Crippen LogP contribution in [0.1, 0.15) is 5.69 Å². The van der Waals surface area contributed by atoms with Crippen LogP contribution in [0.4, 0.5) is 0 Å². The van der Waals surface area contributed by atoms with Crippen molar-refractivity contribution in [1.82, 2.24) is 20.2 Å². The summed E-state index contributed by atoms with van der Waals surface area (Å²) >= 11 is 1.59. The van der Waals surface area contributed by atoms with Gasteiger partial charge < -0.3 is 9.88 Å². The molecule has 6 heteroatoms. The average molecular weight is 252 g/mol. The summed E-state index contributed by atoms with van der Waals surface area (Å²) in [5, 5.41) is 6.92. The number of imidazole rings is 1. The van der Waals surface area contributed by atoms with Crippen LogP contribution in [0.2, 0.25) is 0 Å². The summed E-state index contributed by atoms with van der Waals surface area (Å²) in [5.41, 5.74) is 1.00. The van der Waals surface area contributed by atoms with Crippen LogP contribution in [0.5, 0.6) is 0 Å². The molecule has 92 valence electrons. The van der Waals surface area contributed by atoms with Gasteiger partial charge in [0.2, 0.25) is 5.91 Å². The van der Waals surface area contributed by atoms with E-state index in [1.54, 1.807) is 18.0 Å². The van der Waals surface area contributed by atoms with Crippen molar-refractivity contribution in [1.29, 1.82) is 0 Å². The molecule has 2 N–H and O–H groups in total. The molecule has 1 amide bonds. The fourth-order valence-electron chi connectivity index (χ4n) is 1.71. The van der Waals surface area contributed by atoms with Gasteiger partial charge in [0, 0.05) is 13.6 Å². The number of carbonyl (C=O) groups excluding carboxylic acids is 1. The number of nitrogens with one attached hydrogen (secondary N) is 2. The van der Waals surface area contributed by atoms with E-state index in [1.165, 1.54) is 0 Å². The van der Waals surface area contributed by atoms with Crippen molar-refractivity contribution in [2.45, 2.75) is 17.7 Å². The maximum atomic E-state index is 11.7. The molecule has 0 saturated heterocycles. The van der Waals surface area contributed by atoms with Gasteiger partial charge in [0.15, 0.2) is 5.16 Å². The van der Waals surface area contributed by atoms with Crippen LogP contribution in [-0.2, 0) is 18.4 Å². The molecule has 1 aliphatic heterocycles. The first kappa shape index (κ1) is 12.2. The normalized spacial score (nSPS) is 18.6. The molecule has 0 bridgehead atoms. The minimum atomic E-state index is -0.191. The van der Waals surface area contributed by atoms with Crippen molar-refractivity contribution < 1.29 is 4.79 Å². The monoisotopic (exact) mass is 252 g/mol. The van der Waals surface area contributed by atoms with Crippen molar-refractivity contribution in [3.63, 3.8) is 0 Å². The molecule has 2 rings (SSSR count). The lowest BCUT2D eigenvalue weighted by atomic mass is 10.3. The van der Waals surface area contributed by atoms with Gasteiger partial charge in [-0.25, -0.2) is 4.98 Å². The van der Waals surface area contributed by atoms with Gasteiger partial charge in [0.25, 0.3) is 0 Å². The van der Waals surface area contributed by atoms with Crippen molar-refractivity contribution in [3.05, 3.63) is 24.0 Å². The molecule has 1 atom stereocenters. The maximum absolute atomic E-state index is 11.7. The molecule has 0 radical (unpaired) electrons. The van der Waals surface area contributed by atoms with Gasteiger partial charge in [-0.3, -0.25) is 10.1 Å². The summed E-state index contributed by atoms with van der Waals surface area (Å²) in [6.07, 6.45) is 7.62. The standard InChI is InChI=1S/C11H16N4OS/c1-15-8(7-14-11(15)17-2)6-13-10(16)9-4-3-5-12-9/h3-4,7,9,12H,5-6H2,1-2H3,(H,13,16)/t9-/m0/s1. The summed E-state index contributed by atoms with van der Waals surface area (Å²) in [6, 6.07) is -0.191. The topological polar surface area (TPSA) is 59.0 Å². The summed E-state index contributed by atoms with van der Waals surface area (Å²) in [5.74, 6) is 0.00523. The number of hydrogen-bond acceptors (Lipinski definition) is 4. The number of hydrogen-bond donors (Lipinski definition) is 2. The maximum Gasteiger partial charge on any atom is 0.241 e. The first-order valence-electron chi connectivity index (χ1n) is 5.44. The predicted molar refractivity (Wildman–Crippen MR) is 67.8 cm³/mol. The minimum absolute atomic E-state index is 0.00523. The van der Waals surface area contributed by atoms with Crippen LogP contribution in [0.15, 0.2) is 23.5 Å². The van der Waals surface area contributed by atoms with Gasteiger partial charge in [-0.05, 0) is 6.26 Å². The highest BCUT2D eigenvalue weighted by Gasteiger charge is 2.17. The number of rotatable bonds is 4. The first-order valence-corrected chi connectivity index (χ1v) is 6.67. The molecule has 0 aromatic carbocycles. The van der Waals surface area contributed by atoms with Crippen LogP contribution in [-0.4, -0.2) is 34.3 Å². The Morgan fingerprint density at radius 3 is 3.18 bits per heavy atom. The van der Waals surface area contributed by atoms with Crippen molar-refractivity contribution in [3.8, 4) is 0 Å². The summed E-state index contributed by atoms with van der Waals surface area (Å²) in [7, 11) is 1.95. The van der Waals surface area contributed by atoms with Crippen LogP contribution in [0.25, 0.3) is 0 Å². The molecule has 0 spiro atoms. The van der Waals surface area contributed by atoms with Crippen LogP contribution in [0.3, 0.4) is 0 Å². The molecule has 0 fully saturated rings. The summed E-state index contributed by atoms with van der Waals surface area (Å²) < 4.78 is 1.99. The van der Waals surface area contributed by atoms with Crippen molar-refractivity contribution >= 4 is 17.7 Å². The molecule has 0 saturated carbocycles. The molecule has 17 heavy (non-hydrogen) atoms. The molecule has 1 aromatic heterocycles. The van der Waals surface area contributed by atoms with E-state index in [0.29, 0.717) is 6.54 Å². The molecule has 1 aliphatic rings. The zero-order chi connectivity index (χ0) is 12.3. The Bertz CT molecular complexity index is 441. The lowest BCUT2D eigenvalue weighted by Crippen LogP contribution is -2.40. The van der Waals surface area contributed by atoms with E-state index in [9.17, 15) is 4.79 Å².